The normalized spacial score (nSPS) is 17.5. The van der Waals surface area contributed by atoms with Crippen molar-refractivity contribution in [3.05, 3.63) is 59.7 Å². The van der Waals surface area contributed by atoms with Gasteiger partial charge in [-0.25, -0.2) is 0 Å². The standard InChI is InChI=1S/C21H26N2O3/c1-25-19-9-8-15(13-20(19)26-2)12-18(16-6-4-3-5-7-16)23-21(24)17-10-11-22-14-17/h3-9,13,17-18,22H,10-12,14H2,1-2H3,(H,23,24). The van der Waals surface area contributed by atoms with Crippen LogP contribution in [0.3, 0.4) is 0 Å². The van der Waals surface area contributed by atoms with Crippen LogP contribution in [0.25, 0.3) is 0 Å². The highest BCUT2D eigenvalue weighted by Crippen LogP contribution is 2.29. The Kier molecular flexibility index (Phi) is 6.12. The summed E-state index contributed by atoms with van der Waals surface area (Å²) in [5, 5.41) is 6.49. The zero-order valence-corrected chi connectivity index (χ0v) is 15.3. The van der Waals surface area contributed by atoms with Crippen molar-refractivity contribution in [1.82, 2.24) is 10.6 Å². The van der Waals surface area contributed by atoms with Gasteiger partial charge in [0.25, 0.3) is 0 Å². The molecule has 2 unspecified atom stereocenters. The highest BCUT2D eigenvalue weighted by molar-refractivity contribution is 5.79. The predicted molar refractivity (Wildman–Crippen MR) is 102 cm³/mol. The molecule has 1 aliphatic heterocycles. The predicted octanol–water partition coefficient (Wildman–Crippen LogP) is 2.71. The number of carbonyl (C=O) groups excluding carboxylic acids is 1. The zero-order valence-electron chi connectivity index (χ0n) is 15.3. The number of rotatable bonds is 7. The Hall–Kier alpha value is -2.53. The Morgan fingerprint density at radius 3 is 2.58 bits per heavy atom. The summed E-state index contributed by atoms with van der Waals surface area (Å²) in [5.41, 5.74) is 2.18. The maximum atomic E-state index is 12.6. The molecule has 0 spiro atoms. The smallest absolute Gasteiger partial charge is 0.224 e. The van der Waals surface area contributed by atoms with E-state index in [-0.39, 0.29) is 17.9 Å². The largest absolute Gasteiger partial charge is 0.493 e. The van der Waals surface area contributed by atoms with Crippen molar-refractivity contribution in [3.63, 3.8) is 0 Å². The second kappa shape index (κ2) is 8.72. The van der Waals surface area contributed by atoms with Crippen molar-refractivity contribution in [2.24, 2.45) is 5.92 Å². The molecular formula is C21H26N2O3. The second-order valence-corrected chi connectivity index (χ2v) is 6.56. The van der Waals surface area contributed by atoms with E-state index in [1.165, 1.54) is 0 Å². The number of benzene rings is 2. The van der Waals surface area contributed by atoms with E-state index in [2.05, 4.69) is 22.8 Å². The van der Waals surface area contributed by atoms with Crippen molar-refractivity contribution < 1.29 is 14.3 Å². The van der Waals surface area contributed by atoms with Gasteiger partial charge in [-0.05, 0) is 42.6 Å². The molecule has 1 saturated heterocycles. The van der Waals surface area contributed by atoms with Gasteiger partial charge in [0.15, 0.2) is 11.5 Å². The van der Waals surface area contributed by atoms with Gasteiger partial charge in [-0.3, -0.25) is 4.79 Å². The van der Waals surface area contributed by atoms with Crippen LogP contribution in [-0.4, -0.2) is 33.2 Å². The van der Waals surface area contributed by atoms with Gasteiger partial charge < -0.3 is 20.1 Å². The third-order valence-electron chi connectivity index (χ3n) is 4.84. The van der Waals surface area contributed by atoms with Crippen molar-refractivity contribution in [2.75, 3.05) is 27.3 Å². The fraction of sp³-hybridized carbons (Fsp3) is 0.381. The van der Waals surface area contributed by atoms with Crippen molar-refractivity contribution >= 4 is 5.91 Å². The average molecular weight is 354 g/mol. The SMILES string of the molecule is COc1ccc(CC(NC(=O)C2CCNC2)c2ccccc2)cc1OC. The molecule has 2 atom stereocenters. The molecule has 5 heteroatoms. The lowest BCUT2D eigenvalue weighted by Gasteiger charge is -2.22. The quantitative estimate of drug-likeness (QED) is 0.803. The number of methoxy groups -OCH3 is 2. The Morgan fingerprint density at radius 2 is 1.92 bits per heavy atom. The average Bonchev–Trinajstić information content (AvgIpc) is 3.23. The first-order chi connectivity index (χ1) is 12.7. The van der Waals surface area contributed by atoms with Crippen LogP contribution in [0.2, 0.25) is 0 Å². The van der Waals surface area contributed by atoms with Crippen LogP contribution in [0.4, 0.5) is 0 Å². The van der Waals surface area contributed by atoms with Gasteiger partial charge in [0, 0.05) is 6.54 Å². The molecule has 3 rings (SSSR count). The molecule has 5 nitrogen and oxygen atoms in total. The lowest BCUT2D eigenvalue weighted by atomic mass is 9.97. The van der Waals surface area contributed by atoms with Gasteiger partial charge in [0.1, 0.15) is 0 Å². The number of hydrogen-bond acceptors (Lipinski definition) is 4. The van der Waals surface area contributed by atoms with E-state index in [1.807, 2.05) is 36.4 Å². The van der Waals surface area contributed by atoms with Crippen LogP contribution in [-0.2, 0) is 11.2 Å². The first-order valence-electron chi connectivity index (χ1n) is 8.98. The maximum Gasteiger partial charge on any atom is 0.224 e. The van der Waals surface area contributed by atoms with E-state index in [0.29, 0.717) is 17.9 Å². The van der Waals surface area contributed by atoms with Gasteiger partial charge in [-0.2, -0.15) is 0 Å². The number of nitrogens with one attached hydrogen (secondary N) is 2. The Morgan fingerprint density at radius 1 is 1.15 bits per heavy atom. The summed E-state index contributed by atoms with van der Waals surface area (Å²) in [6.07, 6.45) is 1.58. The van der Waals surface area contributed by atoms with Crippen molar-refractivity contribution in [3.8, 4) is 11.5 Å². The molecule has 1 heterocycles. The zero-order chi connectivity index (χ0) is 18.4. The third-order valence-corrected chi connectivity index (χ3v) is 4.84. The van der Waals surface area contributed by atoms with Crippen LogP contribution in [0, 0.1) is 5.92 Å². The molecule has 0 radical (unpaired) electrons. The molecule has 138 valence electrons. The minimum atomic E-state index is -0.0811. The van der Waals surface area contributed by atoms with Crippen molar-refractivity contribution in [1.29, 1.82) is 0 Å². The summed E-state index contributed by atoms with van der Waals surface area (Å²) < 4.78 is 10.7. The Labute approximate surface area is 154 Å². The van der Waals surface area contributed by atoms with Gasteiger partial charge in [-0.1, -0.05) is 36.4 Å². The van der Waals surface area contributed by atoms with Crippen LogP contribution < -0.4 is 20.1 Å². The lowest BCUT2D eigenvalue weighted by molar-refractivity contribution is -0.125. The second-order valence-electron chi connectivity index (χ2n) is 6.56. The van der Waals surface area contributed by atoms with E-state index in [9.17, 15) is 4.79 Å². The summed E-state index contributed by atoms with van der Waals surface area (Å²) in [4.78, 5) is 12.6. The summed E-state index contributed by atoms with van der Waals surface area (Å²) in [6.45, 7) is 1.66. The first-order valence-corrected chi connectivity index (χ1v) is 8.98. The number of hydrogen-bond donors (Lipinski definition) is 2. The molecule has 0 aromatic heterocycles. The lowest BCUT2D eigenvalue weighted by Crippen LogP contribution is -2.35. The fourth-order valence-electron chi connectivity index (χ4n) is 3.35. The molecular weight excluding hydrogens is 328 g/mol. The Bertz CT molecular complexity index is 727. The van der Waals surface area contributed by atoms with E-state index < -0.39 is 0 Å². The van der Waals surface area contributed by atoms with E-state index >= 15 is 0 Å². The summed E-state index contributed by atoms with van der Waals surface area (Å²) in [6, 6.07) is 15.9. The molecule has 0 saturated carbocycles. The van der Waals surface area contributed by atoms with Gasteiger partial charge in [-0.15, -0.1) is 0 Å². The van der Waals surface area contributed by atoms with Crippen LogP contribution in [0.15, 0.2) is 48.5 Å². The minimum absolute atomic E-state index is 0.0478. The molecule has 1 fully saturated rings. The number of ether oxygens (including phenoxy) is 2. The number of carbonyl (C=O) groups is 1. The fourth-order valence-corrected chi connectivity index (χ4v) is 3.35. The third kappa shape index (κ3) is 4.35. The summed E-state index contributed by atoms with van der Waals surface area (Å²) >= 11 is 0. The highest BCUT2D eigenvalue weighted by atomic mass is 16.5. The summed E-state index contributed by atoms with van der Waals surface area (Å²) in [7, 11) is 3.26. The topological polar surface area (TPSA) is 59.6 Å². The molecule has 2 N–H and O–H groups in total. The minimum Gasteiger partial charge on any atom is -0.493 e. The van der Waals surface area contributed by atoms with Crippen LogP contribution >= 0.6 is 0 Å². The Balaban J connectivity index is 1.80. The van der Waals surface area contributed by atoms with Crippen LogP contribution in [0.1, 0.15) is 23.6 Å². The summed E-state index contributed by atoms with van der Waals surface area (Å²) in [5.74, 6) is 1.56. The molecule has 1 aliphatic rings. The van der Waals surface area contributed by atoms with E-state index in [1.54, 1.807) is 14.2 Å². The van der Waals surface area contributed by atoms with E-state index in [0.717, 1.165) is 30.6 Å². The van der Waals surface area contributed by atoms with Gasteiger partial charge in [0.05, 0.1) is 26.2 Å². The molecule has 0 aliphatic carbocycles. The van der Waals surface area contributed by atoms with Gasteiger partial charge >= 0.3 is 0 Å². The van der Waals surface area contributed by atoms with E-state index in [4.69, 9.17) is 9.47 Å². The number of amides is 1. The highest BCUT2D eigenvalue weighted by Gasteiger charge is 2.25. The molecule has 2 aromatic carbocycles. The molecule has 26 heavy (non-hydrogen) atoms. The van der Waals surface area contributed by atoms with Crippen molar-refractivity contribution in [2.45, 2.75) is 18.9 Å². The first kappa shape index (κ1) is 18.3. The molecule has 1 amide bonds. The maximum absolute atomic E-state index is 12.6. The molecule has 0 bridgehead atoms. The molecule has 2 aromatic rings. The monoisotopic (exact) mass is 354 g/mol. The van der Waals surface area contributed by atoms with Crippen LogP contribution in [0.5, 0.6) is 11.5 Å². The van der Waals surface area contributed by atoms with Gasteiger partial charge in [0.2, 0.25) is 5.91 Å².